The van der Waals surface area contributed by atoms with Gasteiger partial charge in [-0.2, -0.15) is 0 Å². The second kappa shape index (κ2) is 7.61. The molecule has 1 aliphatic rings. The molecule has 3 rings (SSSR count). The van der Waals surface area contributed by atoms with E-state index in [0.29, 0.717) is 17.2 Å². The number of hydrogen-bond donors (Lipinski definition) is 3. The van der Waals surface area contributed by atoms with E-state index in [1.54, 1.807) is 13.2 Å². The van der Waals surface area contributed by atoms with E-state index in [-0.39, 0.29) is 0 Å². The molecule has 0 amide bonds. The van der Waals surface area contributed by atoms with Crippen molar-refractivity contribution in [2.24, 2.45) is 0 Å². The largest absolute Gasteiger partial charge is 0.497 e. The minimum Gasteiger partial charge on any atom is -0.497 e. The van der Waals surface area contributed by atoms with Gasteiger partial charge in [-0.1, -0.05) is 0 Å². The zero-order valence-electron chi connectivity index (χ0n) is 14.0. The lowest BCUT2D eigenvalue weighted by atomic mass is 10.1. The highest BCUT2D eigenvalue weighted by Gasteiger charge is 2.38. The number of hydrogen-bond acceptors (Lipinski definition) is 7. The second-order valence-corrected chi connectivity index (χ2v) is 7.03. The van der Waals surface area contributed by atoms with Gasteiger partial charge in [0.15, 0.2) is 5.44 Å². The molecule has 6 nitrogen and oxygen atoms in total. The Morgan fingerprint density at radius 3 is 2.44 bits per heavy atom. The predicted octanol–water partition coefficient (Wildman–Crippen LogP) is 1.60. The highest BCUT2D eigenvalue weighted by atomic mass is 32.2. The molecule has 7 heteroatoms. The molecule has 0 spiro atoms. The van der Waals surface area contributed by atoms with E-state index in [1.807, 2.05) is 37.3 Å². The second-order valence-electron chi connectivity index (χ2n) is 5.90. The van der Waals surface area contributed by atoms with E-state index < -0.39 is 23.7 Å². The van der Waals surface area contributed by atoms with Gasteiger partial charge in [-0.15, -0.1) is 11.8 Å². The van der Waals surface area contributed by atoms with Gasteiger partial charge in [-0.25, -0.2) is 4.98 Å². The summed E-state index contributed by atoms with van der Waals surface area (Å²) < 4.78 is 11.1. The summed E-state index contributed by atoms with van der Waals surface area (Å²) >= 11 is 1.26. The van der Waals surface area contributed by atoms with Crippen LogP contribution in [-0.4, -0.2) is 56.9 Å². The molecule has 0 aliphatic carbocycles. The maximum Gasteiger partial charge on any atom is 0.173 e. The van der Waals surface area contributed by atoms with Crippen molar-refractivity contribution in [2.45, 2.75) is 30.7 Å². The molecular weight excluding hydrogens is 342 g/mol. The van der Waals surface area contributed by atoms with Crippen LogP contribution in [0.3, 0.4) is 0 Å². The Labute approximate surface area is 150 Å². The summed E-state index contributed by atoms with van der Waals surface area (Å²) in [5.41, 5.74) is 1.66. The predicted molar refractivity (Wildman–Crippen MR) is 95.9 cm³/mol. The minimum absolute atomic E-state index is 0.292. The van der Waals surface area contributed by atoms with Gasteiger partial charge in [0, 0.05) is 17.0 Å². The van der Waals surface area contributed by atoms with Crippen molar-refractivity contribution in [3.63, 3.8) is 0 Å². The van der Waals surface area contributed by atoms with Crippen molar-refractivity contribution < 1.29 is 24.8 Å². The van der Waals surface area contributed by atoms with Crippen LogP contribution in [0.1, 0.15) is 5.69 Å². The van der Waals surface area contributed by atoms with E-state index in [4.69, 9.17) is 9.47 Å². The first-order valence-electron chi connectivity index (χ1n) is 7.94. The number of aromatic nitrogens is 1. The van der Waals surface area contributed by atoms with E-state index in [0.717, 1.165) is 17.0 Å². The molecule has 1 aromatic heterocycles. The van der Waals surface area contributed by atoms with Gasteiger partial charge in [0.1, 0.15) is 29.4 Å². The fourth-order valence-corrected chi connectivity index (χ4v) is 3.72. The lowest BCUT2D eigenvalue weighted by Crippen LogP contribution is -2.50. The molecular formula is C18H21NO5S. The molecule has 4 atom stereocenters. The Bertz CT molecular complexity index is 724. The molecule has 3 N–H and O–H groups in total. The highest BCUT2D eigenvalue weighted by molar-refractivity contribution is 7.99. The van der Waals surface area contributed by atoms with Crippen molar-refractivity contribution in [1.82, 2.24) is 4.98 Å². The Balaban J connectivity index is 1.89. The van der Waals surface area contributed by atoms with Crippen LogP contribution in [-0.2, 0) is 0 Å². The fourth-order valence-electron chi connectivity index (χ4n) is 2.60. The Morgan fingerprint density at radius 1 is 1.04 bits per heavy atom. The van der Waals surface area contributed by atoms with Gasteiger partial charge in [0.2, 0.25) is 0 Å². The van der Waals surface area contributed by atoms with Gasteiger partial charge in [-0.05, 0) is 43.3 Å². The lowest BCUT2D eigenvalue weighted by Gasteiger charge is -2.34. The van der Waals surface area contributed by atoms with Crippen LogP contribution in [0.5, 0.6) is 11.5 Å². The maximum absolute atomic E-state index is 10.2. The Kier molecular flexibility index (Phi) is 5.48. The molecule has 25 heavy (non-hydrogen) atoms. The molecule has 0 unspecified atom stereocenters. The monoisotopic (exact) mass is 363 g/mol. The fraction of sp³-hybridized carbons (Fsp3) is 0.389. The summed E-state index contributed by atoms with van der Waals surface area (Å²) in [6.45, 7) is 1.89. The van der Waals surface area contributed by atoms with Gasteiger partial charge < -0.3 is 24.8 Å². The molecule has 134 valence electrons. The molecule has 2 aromatic rings. The first-order valence-corrected chi connectivity index (χ1v) is 8.99. The number of benzene rings is 1. The highest BCUT2D eigenvalue weighted by Crippen LogP contribution is 2.34. The topological polar surface area (TPSA) is 92.0 Å². The Morgan fingerprint density at radius 2 is 1.76 bits per heavy atom. The van der Waals surface area contributed by atoms with Crippen LogP contribution in [0.2, 0.25) is 0 Å². The average molecular weight is 363 g/mol. The third-order valence-corrected chi connectivity index (χ3v) is 5.30. The van der Waals surface area contributed by atoms with Crippen molar-refractivity contribution in [3.8, 4) is 22.8 Å². The Hall–Kier alpha value is -1.80. The summed E-state index contributed by atoms with van der Waals surface area (Å²) in [6.07, 6.45) is -3.37. The SMILES string of the molecule is COc1ccc(-c2nc(C)ccc2O[C@@H]2SC[C@@H](O)[C@H](O)[C@H]2O)cc1. The van der Waals surface area contributed by atoms with Gasteiger partial charge >= 0.3 is 0 Å². The normalized spacial score (nSPS) is 26.3. The first kappa shape index (κ1) is 18.0. The number of methoxy groups -OCH3 is 1. The minimum atomic E-state index is -1.23. The van der Waals surface area contributed by atoms with Crippen LogP contribution >= 0.6 is 11.8 Å². The number of ether oxygens (including phenoxy) is 2. The van der Waals surface area contributed by atoms with Gasteiger partial charge in [0.05, 0.1) is 13.2 Å². The number of aliphatic hydroxyl groups is 3. The smallest absolute Gasteiger partial charge is 0.173 e. The maximum atomic E-state index is 10.2. The van der Waals surface area contributed by atoms with Crippen molar-refractivity contribution >= 4 is 11.8 Å². The van der Waals surface area contributed by atoms with Crippen LogP contribution in [0.4, 0.5) is 0 Å². The molecule has 0 saturated carbocycles. The van der Waals surface area contributed by atoms with E-state index in [2.05, 4.69) is 4.98 Å². The van der Waals surface area contributed by atoms with Crippen molar-refractivity contribution in [3.05, 3.63) is 42.1 Å². The zero-order chi connectivity index (χ0) is 18.0. The van der Waals surface area contributed by atoms with Crippen molar-refractivity contribution in [1.29, 1.82) is 0 Å². The number of thioether (sulfide) groups is 1. The molecule has 0 radical (unpaired) electrons. The standard InChI is InChI=1S/C18H21NO5S/c1-10-3-8-14(24-18-17(22)16(21)13(20)9-25-18)15(19-10)11-4-6-12(23-2)7-5-11/h3-8,13,16-18,20-22H,9H2,1-2H3/t13-,16+,17-,18-/m1/s1. The summed E-state index contributed by atoms with van der Waals surface area (Å²) in [5, 5.41) is 29.7. The van der Waals surface area contributed by atoms with E-state index in [9.17, 15) is 15.3 Å². The number of rotatable bonds is 4. The zero-order valence-corrected chi connectivity index (χ0v) is 14.8. The summed E-state index contributed by atoms with van der Waals surface area (Å²) in [4.78, 5) is 4.55. The van der Waals surface area contributed by atoms with E-state index >= 15 is 0 Å². The van der Waals surface area contributed by atoms with Crippen LogP contribution in [0.25, 0.3) is 11.3 Å². The van der Waals surface area contributed by atoms with Gasteiger partial charge in [0.25, 0.3) is 0 Å². The third-order valence-electron chi connectivity index (χ3n) is 4.06. The van der Waals surface area contributed by atoms with Crippen molar-refractivity contribution in [2.75, 3.05) is 12.9 Å². The number of nitrogens with zero attached hydrogens (tertiary/aromatic N) is 1. The van der Waals surface area contributed by atoms with Crippen LogP contribution in [0.15, 0.2) is 36.4 Å². The summed E-state index contributed by atoms with van der Waals surface area (Å²) in [7, 11) is 1.61. The lowest BCUT2D eigenvalue weighted by molar-refractivity contribution is -0.0785. The summed E-state index contributed by atoms with van der Waals surface area (Å²) in [5.74, 6) is 1.55. The summed E-state index contributed by atoms with van der Waals surface area (Å²) in [6, 6.07) is 11.1. The molecule has 1 aliphatic heterocycles. The van der Waals surface area contributed by atoms with Crippen LogP contribution < -0.4 is 9.47 Å². The third kappa shape index (κ3) is 3.90. The molecule has 0 bridgehead atoms. The van der Waals surface area contributed by atoms with Crippen LogP contribution in [0, 0.1) is 6.92 Å². The first-order chi connectivity index (χ1) is 12.0. The number of aliphatic hydroxyl groups excluding tert-OH is 3. The molecule has 1 aromatic carbocycles. The molecule has 1 fully saturated rings. The number of pyridine rings is 1. The number of aryl methyl sites for hydroxylation is 1. The van der Waals surface area contributed by atoms with E-state index in [1.165, 1.54) is 11.8 Å². The quantitative estimate of drug-likeness (QED) is 0.760. The average Bonchev–Trinajstić information content (AvgIpc) is 2.63. The van der Waals surface area contributed by atoms with Gasteiger partial charge in [-0.3, -0.25) is 0 Å². The molecule has 2 heterocycles. The molecule has 1 saturated heterocycles.